The third-order valence-corrected chi connectivity index (χ3v) is 3.62. The minimum atomic E-state index is 0.0369. The minimum Gasteiger partial charge on any atom is -0.394 e. The molecular weight excluding hydrogens is 234 g/mol. The number of hydrogen-bond donors (Lipinski definition) is 2. The molecule has 0 aromatic rings. The van der Waals surface area contributed by atoms with Crippen molar-refractivity contribution in [3.8, 4) is 0 Å². The second-order valence-electron chi connectivity index (χ2n) is 4.78. The summed E-state index contributed by atoms with van der Waals surface area (Å²) in [7, 11) is 0. The van der Waals surface area contributed by atoms with Crippen LogP contribution in [0, 0.1) is 0 Å². The standard InChI is InChI=1S/C12H23N3O3/c16-8-10-18-9-7-14-5-6-15(12(14)17)11-1-3-13-4-2-11/h11,13,16H,1-10H2. The van der Waals surface area contributed by atoms with Crippen molar-refractivity contribution in [2.24, 2.45) is 0 Å². The smallest absolute Gasteiger partial charge is 0.320 e. The van der Waals surface area contributed by atoms with E-state index >= 15 is 0 Å². The molecule has 6 nitrogen and oxygen atoms in total. The maximum absolute atomic E-state index is 12.2. The van der Waals surface area contributed by atoms with Crippen molar-refractivity contribution in [2.75, 3.05) is 52.5 Å². The van der Waals surface area contributed by atoms with Crippen LogP contribution in [0.25, 0.3) is 0 Å². The topological polar surface area (TPSA) is 65.0 Å². The Balaban J connectivity index is 1.74. The van der Waals surface area contributed by atoms with E-state index in [1.54, 1.807) is 0 Å². The first-order chi connectivity index (χ1) is 8.83. The second-order valence-corrected chi connectivity index (χ2v) is 4.78. The summed E-state index contributed by atoms with van der Waals surface area (Å²) in [6.07, 6.45) is 2.11. The molecule has 2 N–H and O–H groups in total. The molecule has 0 aromatic heterocycles. The van der Waals surface area contributed by atoms with Gasteiger partial charge in [-0.05, 0) is 25.9 Å². The highest BCUT2D eigenvalue weighted by Gasteiger charge is 2.33. The fourth-order valence-electron chi connectivity index (χ4n) is 2.61. The van der Waals surface area contributed by atoms with Crippen molar-refractivity contribution in [1.82, 2.24) is 15.1 Å². The van der Waals surface area contributed by atoms with Gasteiger partial charge in [-0.3, -0.25) is 0 Å². The van der Waals surface area contributed by atoms with Crippen LogP contribution in [0.4, 0.5) is 4.79 Å². The van der Waals surface area contributed by atoms with E-state index in [1.165, 1.54) is 0 Å². The number of aliphatic hydroxyl groups is 1. The summed E-state index contributed by atoms with van der Waals surface area (Å²) in [4.78, 5) is 16.0. The lowest BCUT2D eigenvalue weighted by Gasteiger charge is -2.31. The first-order valence-electron chi connectivity index (χ1n) is 6.78. The fraction of sp³-hybridized carbons (Fsp3) is 0.917. The Hall–Kier alpha value is -0.850. The normalized spacial score (nSPS) is 21.9. The van der Waals surface area contributed by atoms with Crippen LogP contribution in [-0.2, 0) is 4.74 Å². The highest BCUT2D eigenvalue weighted by Crippen LogP contribution is 2.18. The summed E-state index contributed by atoms with van der Waals surface area (Å²) in [5.74, 6) is 0. The Morgan fingerprint density at radius 3 is 2.78 bits per heavy atom. The van der Waals surface area contributed by atoms with E-state index in [0.29, 0.717) is 25.8 Å². The Kier molecular flexibility index (Phi) is 5.22. The Morgan fingerprint density at radius 1 is 1.28 bits per heavy atom. The first-order valence-corrected chi connectivity index (χ1v) is 6.78. The number of nitrogens with one attached hydrogen (secondary N) is 1. The number of urea groups is 1. The van der Waals surface area contributed by atoms with E-state index in [2.05, 4.69) is 5.32 Å². The number of hydrogen-bond acceptors (Lipinski definition) is 4. The third kappa shape index (κ3) is 3.34. The summed E-state index contributed by atoms with van der Waals surface area (Å²) < 4.78 is 5.20. The molecule has 104 valence electrons. The summed E-state index contributed by atoms with van der Waals surface area (Å²) in [5, 5.41) is 11.9. The van der Waals surface area contributed by atoms with Crippen LogP contribution in [0.2, 0.25) is 0 Å². The van der Waals surface area contributed by atoms with Gasteiger partial charge in [-0.25, -0.2) is 4.79 Å². The van der Waals surface area contributed by atoms with E-state index in [4.69, 9.17) is 9.84 Å². The maximum atomic E-state index is 12.2. The van der Waals surface area contributed by atoms with Crippen molar-refractivity contribution in [2.45, 2.75) is 18.9 Å². The Morgan fingerprint density at radius 2 is 2.06 bits per heavy atom. The summed E-state index contributed by atoms with van der Waals surface area (Å²) in [5.41, 5.74) is 0. The van der Waals surface area contributed by atoms with Gasteiger partial charge in [0.15, 0.2) is 0 Å². The number of nitrogens with zero attached hydrogens (tertiary/aromatic N) is 2. The molecular formula is C12H23N3O3. The highest BCUT2D eigenvalue weighted by molar-refractivity contribution is 5.76. The number of piperidine rings is 1. The molecule has 18 heavy (non-hydrogen) atoms. The van der Waals surface area contributed by atoms with Crippen LogP contribution in [0.5, 0.6) is 0 Å². The molecule has 2 aliphatic rings. The lowest BCUT2D eigenvalue weighted by atomic mass is 10.1. The number of carbonyl (C=O) groups is 1. The van der Waals surface area contributed by atoms with E-state index < -0.39 is 0 Å². The first kappa shape index (κ1) is 13.6. The van der Waals surface area contributed by atoms with Crippen LogP contribution in [-0.4, -0.2) is 79.5 Å². The molecule has 0 spiro atoms. The predicted molar refractivity (Wildman–Crippen MR) is 67.5 cm³/mol. The van der Waals surface area contributed by atoms with Gasteiger partial charge < -0.3 is 25.0 Å². The van der Waals surface area contributed by atoms with Gasteiger partial charge in [0.05, 0.1) is 19.8 Å². The van der Waals surface area contributed by atoms with Gasteiger partial charge in [0.25, 0.3) is 0 Å². The monoisotopic (exact) mass is 257 g/mol. The summed E-state index contributed by atoms with van der Waals surface area (Å²) >= 11 is 0. The van der Waals surface area contributed by atoms with E-state index in [1.807, 2.05) is 9.80 Å². The van der Waals surface area contributed by atoms with Gasteiger partial charge in [-0.2, -0.15) is 0 Å². The molecule has 0 saturated carbocycles. The van der Waals surface area contributed by atoms with E-state index in [0.717, 1.165) is 39.0 Å². The van der Waals surface area contributed by atoms with Crippen LogP contribution >= 0.6 is 0 Å². The molecule has 0 atom stereocenters. The van der Waals surface area contributed by atoms with Gasteiger partial charge >= 0.3 is 6.03 Å². The molecule has 2 amide bonds. The van der Waals surface area contributed by atoms with Crippen LogP contribution in [0.1, 0.15) is 12.8 Å². The van der Waals surface area contributed by atoms with Crippen molar-refractivity contribution in [1.29, 1.82) is 0 Å². The molecule has 2 heterocycles. The van der Waals surface area contributed by atoms with E-state index in [-0.39, 0.29) is 12.6 Å². The zero-order valence-electron chi connectivity index (χ0n) is 10.8. The molecule has 0 unspecified atom stereocenters. The fourth-order valence-corrected chi connectivity index (χ4v) is 2.61. The van der Waals surface area contributed by atoms with Gasteiger partial charge in [0.2, 0.25) is 0 Å². The van der Waals surface area contributed by atoms with Crippen molar-refractivity contribution in [3.05, 3.63) is 0 Å². The number of aliphatic hydroxyl groups excluding tert-OH is 1. The molecule has 2 fully saturated rings. The number of rotatable bonds is 6. The highest BCUT2D eigenvalue weighted by atomic mass is 16.5. The molecule has 0 radical (unpaired) electrons. The largest absolute Gasteiger partial charge is 0.394 e. The maximum Gasteiger partial charge on any atom is 0.320 e. The number of ether oxygens (including phenoxy) is 1. The lowest BCUT2D eigenvalue weighted by molar-refractivity contribution is 0.0806. The average Bonchev–Trinajstić information content (AvgIpc) is 2.77. The van der Waals surface area contributed by atoms with Crippen LogP contribution in [0.15, 0.2) is 0 Å². The Labute approximate surface area is 108 Å². The quantitative estimate of drug-likeness (QED) is 0.629. The second kappa shape index (κ2) is 6.92. The third-order valence-electron chi connectivity index (χ3n) is 3.62. The predicted octanol–water partition coefficient (Wildman–Crippen LogP) is -0.515. The molecule has 0 aromatic carbocycles. The Bertz CT molecular complexity index is 269. The summed E-state index contributed by atoms with van der Waals surface area (Å²) in [6, 6.07) is 0.552. The van der Waals surface area contributed by atoms with Gasteiger partial charge in [-0.1, -0.05) is 0 Å². The molecule has 6 heteroatoms. The molecule has 2 saturated heterocycles. The van der Waals surface area contributed by atoms with Crippen molar-refractivity contribution < 1.29 is 14.6 Å². The van der Waals surface area contributed by atoms with Gasteiger partial charge in [0.1, 0.15) is 0 Å². The van der Waals surface area contributed by atoms with Crippen molar-refractivity contribution in [3.63, 3.8) is 0 Å². The minimum absolute atomic E-state index is 0.0369. The van der Waals surface area contributed by atoms with Crippen LogP contribution < -0.4 is 5.32 Å². The number of amides is 2. The van der Waals surface area contributed by atoms with Gasteiger partial charge in [0, 0.05) is 25.7 Å². The molecule has 0 aliphatic carbocycles. The zero-order chi connectivity index (χ0) is 12.8. The number of carbonyl (C=O) groups excluding carboxylic acids is 1. The molecule has 2 aliphatic heterocycles. The molecule has 0 bridgehead atoms. The van der Waals surface area contributed by atoms with E-state index in [9.17, 15) is 4.79 Å². The SMILES string of the molecule is O=C1N(CCOCCO)CCN1C1CCNCC1. The molecule has 2 rings (SSSR count). The van der Waals surface area contributed by atoms with Gasteiger partial charge in [-0.15, -0.1) is 0 Å². The zero-order valence-corrected chi connectivity index (χ0v) is 10.8. The lowest BCUT2D eigenvalue weighted by Crippen LogP contribution is -2.45. The average molecular weight is 257 g/mol. The van der Waals surface area contributed by atoms with Crippen molar-refractivity contribution >= 4 is 6.03 Å². The van der Waals surface area contributed by atoms with Crippen LogP contribution in [0.3, 0.4) is 0 Å². The summed E-state index contributed by atoms with van der Waals surface area (Å²) in [6.45, 7) is 5.17.